The molecule has 1 N–H and O–H groups in total. The number of piperazine rings is 1. The number of hydrogen-bond acceptors (Lipinski definition) is 6. The van der Waals surface area contributed by atoms with Crippen molar-refractivity contribution in [2.75, 3.05) is 57.9 Å². The Morgan fingerprint density at radius 3 is 2.44 bits per heavy atom. The van der Waals surface area contributed by atoms with Gasteiger partial charge in [0.2, 0.25) is 10.0 Å². The number of rotatable bonds is 9. The molecule has 1 aliphatic rings. The van der Waals surface area contributed by atoms with Gasteiger partial charge in [0, 0.05) is 45.5 Å². The average Bonchev–Trinajstić information content (AvgIpc) is 2.79. The van der Waals surface area contributed by atoms with E-state index in [2.05, 4.69) is 9.62 Å². The summed E-state index contributed by atoms with van der Waals surface area (Å²) in [6.07, 6.45) is 0. The van der Waals surface area contributed by atoms with Crippen molar-refractivity contribution >= 4 is 33.2 Å². The molecule has 1 heterocycles. The number of halogens is 2. The topological polar surface area (TPSA) is 88.2 Å². The van der Waals surface area contributed by atoms with Gasteiger partial charge in [-0.25, -0.2) is 17.5 Å². The van der Waals surface area contributed by atoms with E-state index in [4.69, 9.17) is 21.1 Å². The molecule has 0 saturated carbocycles. The Bertz CT molecular complexity index is 1030. The van der Waals surface area contributed by atoms with E-state index in [9.17, 15) is 17.6 Å². The number of ether oxygens (including phenoxy) is 2. The smallest absolute Gasteiger partial charge is 0.260 e. The fraction of sp³-hybridized carbons (Fsp3) is 0.381. The summed E-state index contributed by atoms with van der Waals surface area (Å²) < 4.78 is 50.3. The fourth-order valence-electron chi connectivity index (χ4n) is 3.22. The van der Waals surface area contributed by atoms with E-state index in [1.54, 1.807) is 17.0 Å². The molecule has 1 saturated heterocycles. The summed E-state index contributed by atoms with van der Waals surface area (Å²) in [5, 5.41) is 0.0912. The van der Waals surface area contributed by atoms with E-state index in [1.165, 1.54) is 37.4 Å². The molecule has 0 aromatic heterocycles. The van der Waals surface area contributed by atoms with Gasteiger partial charge >= 0.3 is 0 Å². The number of anilines is 1. The number of hydrogen-bond donors (Lipinski definition) is 1. The highest BCUT2D eigenvalue weighted by molar-refractivity contribution is 7.89. The molecule has 1 aliphatic heterocycles. The lowest BCUT2D eigenvalue weighted by Crippen LogP contribution is -2.50. The van der Waals surface area contributed by atoms with Crippen molar-refractivity contribution in [3.8, 4) is 5.75 Å². The molecular weight excluding hydrogens is 461 g/mol. The normalized spacial score (nSPS) is 14.5. The first-order valence-corrected chi connectivity index (χ1v) is 11.9. The van der Waals surface area contributed by atoms with Crippen molar-refractivity contribution in [3.05, 3.63) is 53.3 Å². The standard InChI is InChI=1S/C21H25ClFN3O5S/c1-30-13-8-24-32(28,29)18-6-7-20(19(22)14-18)31-15-21(27)26-11-9-25(10-12-26)17-4-2-16(23)3-5-17/h2-7,14,24H,8-13,15H2,1H3. The average molecular weight is 486 g/mol. The lowest BCUT2D eigenvalue weighted by Gasteiger charge is -2.36. The quantitative estimate of drug-likeness (QED) is 0.547. The molecule has 8 nitrogen and oxygen atoms in total. The van der Waals surface area contributed by atoms with Gasteiger partial charge in [0.15, 0.2) is 6.61 Å². The second-order valence-corrected chi connectivity index (χ2v) is 9.29. The largest absolute Gasteiger partial charge is 0.482 e. The van der Waals surface area contributed by atoms with Crippen LogP contribution in [-0.4, -0.2) is 72.3 Å². The van der Waals surface area contributed by atoms with Crippen molar-refractivity contribution in [3.63, 3.8) is 0 Å². The zero-order valence-electron chi connectivity index (χ0n) is 17.6. The number of nitrogens with one attached hydrogen (secondary N) is 1. The fourth-order valence-corrected chi connectivity index (χ4v) is 4.56. The van der Waals surface area contributed by atoms with Gasteiger partial charge in [0.25, 0.3) is 5.91 Å². The Morgan fingerprint density at radius 2 is 1.81 bits per heavy atom. The van der Waals surface area contributed by atoms with E-state index in [-0.39, 0.29) is 47.2 Å². The van der Waals surface area contributed by atoms with Crippen molar-refractivity contribution in [2.24, 2.45) is 0 Å². The summed E-state index contributed by atoms with van der Waals surface area (Å²) in [5.74, 6) is -0.259. The predicted molar refractivity (Wildman–Crippen MR) is 119 cm³/mol. The van der Waals surface area contributed by atoms with Crippen LogP contribution in [0, 0.1) is 5.82 Å². The van der Waals surface area contributed by atoms with Crippen molar-refractivity contribution in [1.29, 1.82) is 0 Å². The lowest BCUT2D eigenvalue weighted by atomic mass is 10.2. The van der Waals surface area contributed by atoms with Crippen LogP contribution in [0.2, 0.25) is 5.02 Å². The lowest BCUT2D eigenvalue weighted by molar-refractivity contribution is -0.133. The minimum absolute atomic E-state index is 0.00538. The molecule has 32 heavy (non-hydrogen) atoms. The Kier molecular flexibility index (Phi) is 8.30. The summed E-state index contributed by atoms with van der Waals surface area (Å²) in [6.45, 7) is 2.44. The van der Waals surface area contributed by atoms with Crippen LogP contribution in [0.1, 0.15) is 0 Å². The van der Waals surface area contributed by atoms with Gasteiger partial charge in [0.1, 0.15) is 11.6 Å². The van der Waals surface area contributed by atoms with Crippen LogP contribution in [-0.2, 0) is 19.6 Å². The van der Waals surface area contributed by atoms with Crippen LogP contribution in [0.4, 0.5) is 10.1 Å². The minimum atomic E-state index is -3.72. The summed E-state index contributed by atoms with van der Waals surface area (Å²) >= 11 is 6.16. The first-order valence-electron chi connectivity index (χ1n) is 9.99. The third-order valence-electron chi connectivity index (χ3n) is 4.99. The molecule has 2 aromatic rings. The Labute approximate surface area is 191 Å². The number of benzene rings is 2. The highest BCUT2D eigenvalue weighted by Gasteiger charge is 2.22. The SMILES string of the molecule is COCCNS(=O)(=O)c1ccc(OCC(=O)N2CCN(c3ccc(F)cc3)CC2)c(Cl)c1. The van der Waals surface area contributed by atoms with Crippen LogP contribution in [0.15, 0.2) is 47.4 Å². The molecule has 0 bridgehead atoms. The van der Waals surface area contributed by atoms with Crippen LogP contribution in [0.5, 0.6) is 5.75 Å². The third kappa shape index (κ3) is 6.32. The Balaban J connectivity index is 1.51. The second-order valence-electron chi connectivity index (χ2n) is 7.12. The summed E-state index contributed by atoms with van der Waals surface area (Å²) in [6, 6.07) is 10.3. The highest BCUT2D eigenvalue weighted by Crippen LogP contribution is 2.27. The predicted octanol–water partition coefficient (Wildman–Crippen LogP) is 2.13. The van der Waals surface area contributed by atoms with Crippen molar-refractivity contribution in [2.45, 2.75) is 4.90 Å². The molecule has 0 spiro atoms. The van der Waals surface area contributed by atoms with E-state index in [0.29, 0.717) is 26.2 Å². The van der Waals surface area contributed by atoms with Gasteiger partial charge in [-0.15, -0.1) is 0 Å². The molecule has 1 amide bonds. The molecule has 174 valence electrons. The van der Waals surface area contributed by atoms with Gasteiger partial charge in [-0.05, 0) is 42.5 Å². The molecule has 11 heteroatoms. The van der Waals surface area contributed by atoms with Crippen LogP contribution in [0.3, 0.4) is 0 Å². The molecule has 0 atom stereocenters. The minimum Gasteiger partial charge on any atom is -0.482 e. The van der Waals surface area contributed by atoms with Crippen LogP contribution in [0.25, 0.3) is 0 Å². The second kappa shape index (κ2) is 11.0. The number of amides is 1. The van der Waals surface area contributed by atoms with E-state index in [1.807, 2.05) is 0 Å². The van der Waals surface area contributed by atoms with E-state index < -0.39 is 10.0 Å². The van der Waals surface area contributed by atoms with E-state index >= 15 is 0 Å². The molecule has 3 rings (SSSR count). The first kappa shape index (κ1) is 24.2. The molecule has 0 unspecified atom stereocenters. The summed E-state index contributed by atoms with van der Waals surface area (Å²) in [7, 11) is -2.25. The Morgan fingerprint density at radius 1 is 1.12 bits per heavy atom. The highest BCUT2D eigenvalue weighted by atomic mass is 35.5. The van der Waals surface area contributed by atoms with Gasteiger partial charge in [-0.3, -0.25) is 4.79 Å². The van der Waals surface area contributed by atoms with E-state index in [0.717, 1.165) is 5.69 Å². The monoisotopic (exact) mass is 485 g/mol. The van der Waals surface area contributed by atoms with Gasteiger partial charge in [-0.2, -0.15) is 0 Å². The molecular formula is C21H25ClFN3O5S. The maximum absolute atomic E-state index is 13.1. The van der Waals surface area contributed by atoms with Crippen LogP contribution < -0.4 is 14.4 Å². The molecule has 0 aliphatic carbocycles. The summed E-state index contributed by atoms with van der Waals surface area (Å²) in [5.41, 5.74) is 0.910. The molecule has 1 fully saturated rings. The number of carbonyl (C=O) groups is 1. The summed E-state index contributed by atoms with van der Waals surface area (Å²) in [4.78, 5) is 16.3. The molecule has 2 aromatic carbocycles. The van der Waals surface area contributed by atoms with Crippen LogP contribution >= 0.6 is 11.6 Å². The number of carbonyl (C=O) groups excluding carboxylic acids is 1. The first-order chi connectivity index (χ1) is 15.3. The van der Waals surface area contributed by atoms with Crippen molar-refractivity contribution < 1.29 is 27.1 Å². The van der Waals surface area contributed by atoms with Gasteiger partial charge in [-0.1, -0.05) is 11.6 Å². The number of sulfonamides is 1. The van der Waals surface area contributed by atoms with Gasteiger partial charge < -0.3 is 19.3 Å². The third-order valence-corrected chi connectivity index (χ3v) is 6.74. The Hall–Kier alpha value is -2.40. The van der Waals surface area contributed by atoms with Gasteiger partial charge in [0.05, 0.1) is 16.5 Å². The van der Waals surface area contributed by atoms with Crippen molar-refractivity contribution in [1.82, 2.24) is 9.62 Å². The zero-order chi connectivity index (χ0) is 23.1. The number of methoxy groups -OCH3 is 1. The maximum Gasteiger partial charge on any atom is 0.260 e. The number of nitrogens with zero attached hydrogens (tertiary/aromatic N) is 2. The molecule has 0 radical (unpaired) electrons. The zero-order valence-corrected chi connectivity index (χ0v) is 19.2. The maximum atomic E-state index is 13.1.